The summed E-state index contributed by atoms with van der Waals surface area (Å²) in [5, 5.41) is 11.2. The number of ketones is 1. The maximum Gasteiger partial charge on any atom is 0.295 e. The van der Waals surface area contributed by atoms with Crippen LogP contribution in [0.4, 0.5) is 4.39 Å². The van der Waals surface area contributed by atoms with Crippen molar-refractivity contribution in [3.05, 3.63) is 70.5 Å². The highest BCUT2D eigenvalue weighted by Crippen LogP contribution is 2.40. The fraction of sp³-hybridized carbons (Fsp3) is 0.407. The van der Waals surface area contributed by atoms with Crippen molar-refractivity contribution in [2.24, 2.45) is 5.92 Å². The second kappa shape index (κ2) is 10.8. The van der Waals surface area contributed by atoms with Crippen LogP contribution in [0.25, 0.3) is 5.76 Å². The number of hydrogen-bond donors (Lipinski definition) is 1. The van der Waals surface area contributed by atoms with Crippen LogP contribution in [0.2, 0.25) is 0 Å². The second-order valence-corrected chi connectivity index (χ2v) is 9.39. The number of aliphatic hydroxyl groups is 1. The Hall–Kier alpha value is -3.19. The number of rotatable bonds is 9. The van der Waals surface area contributed by atoms with E-state index >= 15 is 0 Å². The molecule has 0 spiro atoms. The van der Waals surface area contributed by atoms with Crippen molar-refractivity contribution in [3.63, 3.8) is 0 Å². The zero-order valence-electron chi connectivity index (χ0n) is 20.5. The molecule has 0 radical (unpaired) electrons. The molecule has 7 heteroatoms. The van der Waals surface area contributed by atoms with Gasteiger partial charge in [-0.1, -0.05) is 26.0 Å². The first kappa shape index (κ1) is 25.4. The molecule has 2 aromatic rings. The van der Waals surface area contributed by atoms with E-state index in [2.05, 4.69) is 13.8 Å². The molecule has 34 heavy (non-hydrogen) atoms. The molecule has 1 amide bonds. The van der Waals surface area contributed by atoms with Gasteiger partial charge in [0.05, 0.1) is 18.2 Å². The molecule has 3 rings (SSSR count). The highest BCUT2D eigenvalue weighted by atomic mass is 19.1. The number of carbonyl (C=O) groups excluding carboxylic acids is 2. The molecule has 2 aromatic carbocycles. The summed E-state index contributed by atoms with van der Waals surface area (Å²) in [7, 11) is 3.87. The number of likely N-dealkylation sites (tertiary alicyclic amines) is 1. The maximum absolute atomic E-state index is 13.6. The van der Waals surface area contributed by atoms with E-state index in [9.17, 15) is 19.1 Å². The van der Waals surface area contributed by atoms with Crippen LogP contribution in [0, 0.1) is 18.7 Å². The van der Waals surface area contributed by atoms with Crippen molar-refractivity contribution >= 4 is 17.4 Å². The number of halogens is 1. The molecule has 1 fully saturated rings. The Balaban J connectivity index is 2.03. The lowest BCUT2D eigenvalue weighted by Gasteiger charge is -2.26. The third kappa shape index (κ3) is 5.65. The highest BCUT2D eigenvalue weighted by Gasteiger charge is 2.45. The average Bonchev–Trinajstić information content (AvgIpc) is 3.03. The summed E-state index contributed by atoms with van der Waals surface area (Å²) in [5.74, 6) is -1.00. The molecule has 0 bridgehead atoms. The average molecular weight is 469 g/mol. The Bertz CT molecular complexity index is 1080. The number of nitrogens with zero attached hydrogens (tertiary/aromatic N) is 2. The van der Waals surface area contributed by atoms with Crippen molar-refractivity contribution < 1.29 is 23.8 Å². The van der Waals surface area contributed by atoms with E-state index in [4.69, 9.17) is 4.74 Å². The fourth-order valence-electron chi connectivity index (χ4n) is 4.03. The topological polar surface area (TPSA) is 70.1 Å². The second-order valence-electron chi connectivity index (χ2n) is 9.39. The smallest absolute Gasteiger partial charge is 0.295 e. The normalized spacial score (nSPS) is 17.8. The van der Waals surface area contributed by atoms with Gasteiger partial charge in [0.2, 0.25) is 0 Å². The van der Waals surface area contributed by atoms with E-state index in [1.807, 2.05) is 25.9 Å². The van der Waals surface area contributed by atoms with Gasteiger partial charge in [-0.05, 0) is 81.4 Å². The van der Waals surface area contributed by atoms with Gasteiger partial charge in [-0.2, -0.15) is 0 Å². The number of hydrogen-bond acceptors (Lipinski definition) is 5. The number of aliphatic hydroxyl groups excluding tert-OH is 1. The monoisotopic (exact) mass is 468 g/mol. The lowest BCUT2D eigenvalue weighted by atomic mass is 9.94. The highest BCUT2D eigenvalue weighted by molar-refractivity contribution is 6.46. The lowest BCUT2D eigenvalue weighted by molar-refractivity contribution is -0.139. The third-order valence-corrected chi connectivity index (χ3v) is 5.75. The fourth-order valence-corrected chi connectivity index (χ4v) is 4.03. The summed E-state index contributed by atoms with van der Waals surface area (Å²) in [6.07, 6.45) is 0.652. The van der Waals surface area contributed by atoms with E-state index in [0.717, 1.165) is 12.1 Å². The first-order chi connectivity index (χ1) is 16.1. The molecule has 1 aliphatic heterocycles. The molecule has 182 valence electrons. The minimum absolute atomic E-state index is 0.0108. The van der Waals surface area contributed by atoms with Crippen molar-refractivity contribution in [1.29, 1.82) is 0 Å². The quantitative estimate of drug-likeness (QED) is 0.332. The number of aryl methyl sites for hydroxylation is 1. The van der Waals surface area contributed by atoms with Gasteiger partial charge in [-0.15, -0.1) is 0 Å². The molecule has 0 aliphatic carbocycles. The first-order valence-corrected chi connectivity index (χ1v) is 11.5. The summed E-state index contributed by atoms with van der Waals surface area (Å²) in [4.78, 5) is 29.5. The predicted molar refractivity (Wildman–Crippen MR) is 130 cm³/mol. The largest absolute Gasteiger partial charge is 0.507 e. The van der Waals surface area contributed by atoms with E-state index in [-0.39, 0.29) is 11.3 Å². The van der Waals surface area contributed by atoms with E-state index in [0.29, 0.717) is 42.4 Å². The summed E-state index contributed by atoms with van der Waals surface area (Å²) >= 11 is 0. The number of carbonyl (C=O) groups is 2. The Morgan fingerprint density at radius 3 is 2.41 bits per heavy atom. The minimum Gasteiger partial charge on any atom is -0.507 e. The van der Waals surface area contributed by atoms with Crippen molar-refractivity contribution in [2.45, 2.75) is 33.2 Å². The van der Waals surface area contributed by atoms with Crippen LogP contribution < -0.4 is 4.74 Å². The first-order valence-electron chi connectivity index (χ1n) is 11.5. The Labute approximate surface area is 200 Å². The van der Waals surface area contributed by atoms with Crippen LogP contribution in [-0.4, -0.2) is 60.4 Å². The van der Waals surface area contributed by atoms with Gasteiger partial charge in [0.25, 0.3) is 11.7 Å². The summed E-state index contributed by atoms with van der Waals surface area (Å²) in [6, 6.07) is 10.1. The van der Waals surface area contributed by atoms with Gasteiger partial charge >= 0.3 is 0 Å². The van der Waals surface area contributed by atoms with Crippen LogP contribution in [0.3, 0.4) is 0 Å². The molecular weight excluding hydrogens is 435 g/mol. The molecule has 0 aromatic heterocycles. The lowest BCUT2D eigenvalue weighted by Crippen LogP contribution is -2.32. The zero-order valence-corrected chi connectivity index (χ0v) is 20.5. The van der Waals surface area contributed by atoms with E-state index in [1.165, 1.54) is 17.0 Å². The standard InChI is InChI=1S/C27H33FN2O4/c1-17(2)16-34-22-12-9-20(15-18(22)3)25(31)23-24(19-7-10-21(28)11-8-19)30(27(33)26(23)32)14-6-13-29(4)5/h7-12,15,17,24,31H,6,13-14,16H2,1-5H3/b25-23+/t24-/m0/s1. The minimum atomic E-state index is -0.792. The predicted octanol–water partition coefficient (Wildman–Crippen LogP) is 4.54. The zero-order chi connectivity index (χ0) is 25.0. The number of amides is 1. The Morgan fingerprint density at radius 2 is 1.82 bits per heavy atom. The van der Waals surface area contributed by atoms with Crippen LogP contribution >= 0.6 is 0 Å². The molecule has 0 saturated carbocycles. The van der Waals surface area contributed by atoms with Crippen LogP contribution in [-0.2, 0) is 9.59 Å². The molecule has 6 nitrogen and oxygen atoms in total. The molecule has 1 atom stereocenters. The summed E-state index contributed by atoms with van der Waals surface area (Å²) in [6.45, 7) is 7.61. The summed E-state index contributed by atoms with van der Waals surface area (Å²) in [5.41, 5.74) is 1.81. The molecule has 1 aliphatic rings. The van der Waals surface area contributed by atoms with Gasteiger partial charge in [-0.25, -0.2) is 4.39 Å². The molecular formula is C27H33FN2O4. The van der Waals surface area contributed by atoms with E-state index < -0.39 is 23.5 Å². The van der Waals surface area contributed by atoms with Crippen molar-refractivity contribution in [3.8, 4) is 5.75 Å². The van der Waals surface area contributed by atoms with Gasteiger partial charge in [0.15, 0.2) is 0 Å². The van der Waals surface area contributed by atoms with Crippen LogP contribution in [0.15, 0.2) is 48.0 Å². The Morgan fingerprint density at radius 1 is 1.15 bits per heavy atom. The summed E-state index contributed by atoms with van der Waals surface area (Å²) < 4.78 is 19.4. The van der Waals surface area contributed by atoms with Gasteiger partial charge in [0, 0.05) is 12.1 Å². The van der Waals surface area contributed by atoms with Gasteiger partial charge in [-0.3, -0.25) is 9.59 Å². The SMILES string of the molecule is Cc1cc(/C(O)=C2\C(=O)C(=O)N(CCCN(C)C)[C@H]2c2ccc(F)cc2)ccc1OCC(C)C. The van der Waals surface area contributed by atoms with Crippen LogP contribution in [0.5, 0.6) is 5.75 Å². The van der Waals surface area contributed by atoms with Crippen molar-refractivity contribution in [1.82, 2.24) is 9.80 Å². The van der Waals surface area contributed by atoms with Crippen LogP contribution in [0.1, 0.15) is 43.0 Å². The number of Topliss-reactive ketones (excluding diaryl/α,β-unsaturated/α-hetero) is 1. The molecule has 0 unspecified atom stereocenters. The molecule has 1 heterocycles. The number of ether oxygens (including phenoxy) is 1. The number of benzene rings is 2. The van der Waals surface area contributed by atoms with Gasteiger partial charge in [0.1, 0.15) is 17.3 Å². The van der Waals surface area contributed by atoms with E-state index in [1.54, 1.807) is 30.3 Å². The Kier molecular flexibility index (Phi) is 8.10. The maximum atomic E-state index is 13.6. The molecule has 1 N–H and O–H groups in total. The molecule has 1 saturated heterocycles. The van der Waals surface area contributed by atoms with Gasteiger partial charge < -0.3 is 19.6 Å². The van der Waals surface area contributed by atoms with Crippen molar-refractivity contribution in [2.75, 3.05) is 33.8 Å². The third-order valence-electron chi connectivity index (χ3n) is 5.75.